The van der Waals surface area contributed by atoms with Crippen LogP contribution in [0.15, 0.2) is 38.6 Å². The highest BCUT2D eigenvalue weighted by molar-refractivity contribution is 6.09. The summed E-state index contributed by atoms with van der Waals surface area (Å²) >= 11 is 0. The first kappa shape index (κ1) is 26.4. The van der Waals surface area contributed by atoms with Gasteiger partial charge in [-0.3, -0.25) is 4.79 Å². The van der Waals surface area contributed by atoms with Crippen LogP contribution in [0.3, 0.4) is 0 Å². The average Bonchev–Trinajstić information content (AvgIpc) is 2.76. The van der Waals surface area contributed by atoms with E-state index in [1.165, 1.54) is 5.57 Å². The molecule has 3 N–H and O–H groups in total. The van der Waals surface area contributed by atoms with E-state index in [1.54, 1.807) is 13.8 Å². The maximum Gasteiger partial charge on any atom is 0.336 e. The molecule has 1 aromatic heterocycles. The fourth-order valence-corrected chi connectivity index (χ4v) is 3.77. The van der Waals surface area contributed by atoms with Gasteiger partial charge in [-0.1, -0.05) is 44.1 Å². The SMILES string of the molecule is CCC(C)C(=O)c1c(O)c(C/C=C(\C)CCC=C(C)C)c2oc(=O)cc([C@@H](O)CC)c2c1O. The molecule has 0 amide bonds. The maximum absolute atomic E-state index is 13.1. The third-order valence-corrected chi connectivity index (χ3v) is 6.06. The Hall–Kier alpha value is -2.86. The topological polar surface area (TPSA) is 108 Å². The van der Waals surface area contributed by atoms with E-state index in [9.17, 15) is 24.9 Å². The van der Waals surface area contributed by atoms with Gasteiger partial charge in [0.1, 0.15) is 22.6 Å². The van der Waals surface area contributed by atoms with Crippen molar-refractivity contribution in [3.8, 4) is 11.5 Å². The number of allylic oxidation sites excluding steroid dienone is 4. The summed E-state index contributed by atoms with van der Waals surface area (Å²) in [6.07, 6.45) is 5.77. The minimum atomic E-state index is -1.03. The molecule has 0 saturated carbocycles. The average molecular weight is 457 g/mol. The molecule has 2 atom stereocenters. The van der Waals surface area contributed by atoms with Crippen LogP contribution in [0.25, 0.3) is 11.0 Å². The molecule has 0 bridgehead atoms. The summed E-state index contributed by atoms with van der Waals surface area (Å²) in [6, 6.07) is 1.13. The summed E-state index contributed by atoms with van der Waals surface area (Å²) in [5.41, 5.74) is 1.85. The number of carbonyl (C=O) groups excluding carboxylic acids is 1. The lowest BCUT2D eigenvalue weighted by atomic mass is 9.89. The molecule has 1 aromatic carbocycles. The first-order chi connectivity index (χ1) is 15.5. The second kappa shape index (κ2) is 11.3. The molecule has 180 valence electrons. The van der Waals surface area contributed by atoms with E-state index in [-0.39, 0.29) is 39.8 Å². The largest absolute Gasteiger partial charge is 0.507 e. The number of rotatable bonds is 10. The van der Waals surface area contributed by atoms with E-state index in [2.05, 4.69) is 6.08 Å². The van der Waals surface area contributed by atoms with Crippen molar-refractivity contribution in [1.29, 1.82) is 0 Å². The number of fused-ring (bicyclic) bond motifs is 1. The Morgan fingerprint density at radius 2 is 1.76 bits per heavy atom. The van der Waals surface area contributed by atoms with E-state index in [4.69, 9.17) is 4.42 Å². The van der Waals surface area contributed by atoms with E-state index in [0.29, 0.717) is 12.8 Å². The van der Waals surface area contributed by atoms with Crippen molar-refractivity contribution in [2.45, 2.75) is 79.8 Å². The van der Waals surface area contributed by atoms with Crippen LogP contribution in [0.4, 0.5) is 0 Å². The van der Waals surface area contributed by atoms with Crippen molar-refractivity contribution in [3.05, 3.63) is 56.5 Å². The fraction of sp³-hybridized carbons (Fsp3) is 0.481. The monoisotopic (exact) mass is 456 g/mol. The summed E-state index contributed by atoms with van der Waals surface area (Å²) < 4.78 is 5.42. The van der Waals surface area contributed by atoms with Crippen LogP contribution < -0.4 is 5.63 Å². The number of hydrogen-bond acceptors (Lipinski definition) is 6. The lowest BCUT2D eigenvalue weighted by Gasteiger charge is -2.19. The van der Waals surface area contributed by atoms with Gasteiger partial charge in [0.05, 0.1) is 11.5 Å². The molecule has 0 fully saturated rings. The predicted octanol–water partition coefficient (Wildman–Crippen LogP) is 6.11. The Bertz CT molecular complexity index is 1130. The number of benzene rings is 1. The normalized spacial score (nSPS) is 13.7. The number of aromatic hydroxyl groups is 2. The van der Waals surface area contributed by atoms with Crippen molar-refractivity contribution in [3.63, 3.8) is 0 Å². The van der Waals surface area contributed by atoms with Gasteiger partial charge in [-0.2, -0.15) is 0 Å². The van der Waals surface area contributed by atoms with Crippen molar-refractivity contribution in [2.75, 3.05) is 0 Å². The second-order valence-electron chi connectivity index (χ2n) is 8.95. The number of carbonyl (C=O) groups is 1. The van der Waals surface area contributed by atoms with Gasteiger partial charge >= 0.3 is 5.63 Å². The van der Waals surface area contributed by atoms with Crippen molar-refractivity contribution >= 4 is 16.8 Å². The molecule has 2 aromatic rings. The zero-order valence-corrected chi connectivity index (χ0v) is 20.5. The Morgan fingerprint density at radius 3 is 2.33 bits per heavy atom. The number of hydrogen-bond donors (Lipinski definition) is 3. The van der Waals surface area contributed by atoms with Gasteiger partial charge in [0.25, 0.3) is 0 Å². The molecular formula is C27H36O6. The van der Waals surface area contributed by atoms with Crippen LogP contribution in [0.2, 0.25) is 0 Å². The van der Waals surface area contributed by atoms with Gasteiger partial charge in [0, 0.05) is 23.1 Å². The molecule has 0 spiro atoms. The van der Waals surface area contributed by atoms with Crippen molar-refractivity contribution in [2.24, 2.45) is 5.92 Å². The first-order valence-corrected chi connectivity index (χ1v) is 11.6. The Kier molecular flexibility index (Phi) is 9.06. The standard InChI is InChI=1S/C27H36O6/c1-7-17(6)24(30)23-25(31)18(13-12-16(5)11-9-10-15(3)4)27-22(26(23)32)19(20(28)8-2)14-21(29)33-27/h10,12,14,17,20,28,31-32H,7-9,11,13H2,1-6H3/b16-12+/t17?,20-/m0/s1. The van der Waals surface area contributed by atoms with E-state index in [0.717, 1.165) is 24.5 Å². The van der Waals surface area contributed by atoms with Gasteiger partial charge in [-0.15, -0.1) is 0 Å². The Morgan fingerprint density at radius 1 is 1.09 bits per heavy atom. The molecule has 0 radical (unpaired) electrons. The van der Waals surface area contributed by atoms with Crippen LogP contribution in [0.1, 0.15) is 94.8 Å². The zero-order chi connectivity index (χ0) is 24.9. The van der Waals surface area contributed by atoms with Gasteiger partial charge in [0.2, 0.25) is 0 Å². The molecule has 0 aliphatic carbocycles. The molecule has 1 unspecified atom stereocenters. The van der Waals surface area contributed by atoms with Crippen molar-refractivity contribution in [1.82, 2.24) is 0 Å². The van der Waals surface area contributed by atoms with Crippen LogP contribution in [0, 0.1) is 5.92 Å². The van der Waals surface area contributed by atoms with Crippen molar-refractivity contribution < 1.29 is 24.5 Å². The Labute approximate surface area is 195 Å². The minimum Gasteiger partial charge on any atom is -0.507 e. The molecule has 1 heterocycles. The number of ketones is 1. The molecule has 0 saturated heterocycles. The molecule has 33 heavy (non-hydrogen) atoms. The zero-order valence-electron chi connectivity index (χ0n) is 20.5. The van der Waals surface area contributed by atoms with E-state index >= 15 is 0 Å². The third-order valence-electron chi connectivity index (χ3n) is 6.06. The number of aliphatic hydroxyl groups is 1. The van der Waals surface area contributed by atoms with Gasteiger partial charge < -0.3 is 19.7 Å². The second-order valence-corrected chi connectivity index (χ2v) is 8.95. The van der Waals surface area contributed by atoms with Gasteiger partial charge in [-0.05, 0) is 52.9 Å². The number of Topliss-reactive ketones (excluding diaryl/α,β-unsaturated/α-hetero) is 1. The summed E-state index contributed by atoms with van der Waals surface area (Å²) in [7, 11) is 0. The summed E-state index contributed by atoms with van der Waals surface area (Å²) in [5, 5.41) is 32.8. The predicted molar refractivity (Wildman–Crippen MR) is 131 cm³/mol. The summed E-state index contributed by atoms with van der Waals surface area (Å²) in [4.78, 5) is 25.4. The maximum atomic E-state index is 13.1. The van der Waals surface area contributed by atoms with Gasteiger partial charge in [0.15, 0.2) is 5.78 Å². The van der Waals surface area contributed by atoms with Crippen LogP contribution >= 0.6 is 0 Å². The van der Waals surface area contributed by atoms with Crippen LogP contribution in [-0.4, -0.2) is 21.1 Å². The smallest absolute Gasteiger partial charge is 0.336 e. The quantitative estimate of drug-likeness (QED) is 0.226. The molecule has 6 nitrogen and oxygen atoms in total. The number of phenols is 2. The summed E-state index contributed by atoms with van der Waals surface area (Å²) in [6.45, 7) is 11.4. The lowest BCUT2D eigenvalue weighted by molar-refractivity contribution is 0.0921. The van der Waals surface area contributed by atoms with Gasteiger partial charge in [-0.25, -0.2) is 4.79 Å². The minimum absolute atomic E-state index is 0.00551. The van der Waals surface area contributed by atoms with E-state index in [1.807, 2.05) is 33.8 Å². The highest BCUT2D eigenvalue weighted by Gasteiger charge is 2.30. The molecule has 2 rings (SSSR count). The highest BCUT2D eigenvalue weighted by Crippen LogP contribution is 2.44. The molecular weight excluding hydrogens is 420 g/mol. The van der Waals surface area contributed by atoms with Crippen LogP contribution in [0.5, 0.6) is 11.5 Å². The summed E-state index contributed by atoms with van der Waals surface area (Å²) in [5.74, 6) is -1.68. The highest BCUT2D eigenvalue weighted by atomic mass is 16.4. The number of aliphatic hydroxyl groups excluding tert-OH is 1. The lowest BCUT2D eigenvalue weighted by Crippen LogP contribution is -2.13. The van der Waals surface area contributed by atoms with Crippen LogP contribution in [-0.2, 0) is 6.42 Å². The molecule has 0 aliphatic heterocycles. The fourth-order valence-electron chi connectivity index (χ4n) is 3.77. The molecule has 6 heteroatoms. The molecule has 0 aliphatic rings. The number of phenolic OH excluding ortho intramolecular Hbond substituents is 2. The first-order valence-electron chi connectivity index (χ1n) is 11.6. The Balaban J connectivity index is 2.79. The third kappa shape index (κ3) is 5.93. The van der Waals surface area contributed by atoms with E-state index < -0.39 is 29.2 Å².